The van der Waals surface area contributed by atoms with Crippen molar-refractivity contribution in [2.24, 2.45) is 0 Å². The number of aromatic nitrogens is 1. The van der Waals surface area contributed by atoms with Crippen molar-refractivity contribution in [3.8, 4) is 0 Å². The summed E-state index contributed by atoms with van der Waals surface area (Å²) in [6, 6.07) is 10.1. The molecule has 0 unspecified atom stereocenters. The minimum Gasteiger partial charge on any atom is -1.00 e. The van der Waals surface area contributed by atoms with Gasteiger partial charge in [-0.1, -0.05) is 12.1 Å². The third-order valence-corrected chi connectivity index (χ3v) is 1.40. The maximum atomic E-state index is 2.99. The van der Waals surface area contributed by atoms with Crippen LogP contribution in [-0.4, -0.2) is 28.0 Å². The van der Waals surface area contributed by atoms with E-state index in [0.29, 0.717) is 0 Å². The van der Waals surface area contributed by atoms with Gasteiger partial charge in [-0.15, -0.1) is 23.8 Å². The molecule has 2 aromatic rings. The molecule has 0 spiro atoms. The van der Waals surface area contributed by atoms with Crippen LogP contribution in [0, 0.1) is 6.20 Å². The van der Waals surface area contributed by atoms with Crippen molar-refractivity contribution in [2.45, 2.75) is 0 Å². The first-order valence-electron chi connectivity index (χ1n) is 2.90. The summed E-state index contributed by atoms with van der Waals surface area (Å²) in [6.07, 6.45) is 2.91. The summed E-state index contributed by atoms with van der Waals surface area (Å²) in [7, 11) is 0. The van der Waals surface area contributed by atoms with Crippen LogP contribution in [0.5, 0.6) is 0 Å². The number of benzene rings is 1. The molecule has 1 aromatic carbocycles. The fourth-order valence-corrected chi connectivity index (χ4v) is 0.928. The molecule has 0 bridgehead atoms. The molecular formula is C8H6IMgN. The number of aromatic amines is 1. The minimum absolute atomic E-state index is 0. The van der Waals surface area contributed by atoms with Gasteiger partial charge in [-0.3, -0.25) is 0 Å². The number of H-pyrrole nitrogens is 1. The van der Waals surface area contributed by atoms with Crippen LogP contribution >= 0.6 is 0 Å². The molecule has 0 fully saturated rings. The summed E-state index contributed by atoms with van der Waals surface area (Å²) < 4.78 is 0. The fourth-order valence-electron chi connectivity index (χ4n) is 0.928. The van der Waals surface area contributed by atoms with Crippen molar-refractivity contribution in [1.29, 1.82) is 0 Å². The predicted octanol–water partition coefficient (Wildman–Crippen LogP) is -1.41. The summed E-state index contributed by atoms with van der Waals surface area (Å²) >= 11 is 0. The Hall–Kier alpha value is 0.256. The van der Waals surface area contributed by atoms with Gasteiger partial charge >= 0.3 is 23.1 Å². The fraction of sp³-hybridized carbons (Fsp3) is 0. The first-order chi connectivity index (χ1) is 4.47. The Balaban J connectivity index is 0.000000500. The van der Waals surface area contributed by atoms with Gasteiger partial charge in [-0.05, 0) is 0 Å². The maximum absolute atomic E-state index is 2.99. The predicted molar refractivity (Wildman–Crippen MR) is 42.9 cm³/mol. The standard InChI is InChI=1S/C8H6N.HI.Mg/c1-2-4-8-7(3-1)5-6-9-8;;/h1-5,9H;1H;/q-1;;+2/p-1. The van der Waals surface area contributed by atoms with Crippen molar-refractivity contribution in [1.82, 2.24) is 4.98 Å². The summed E-state index contributed by atoms with van der Waals surface area (Å²) in [6.45, 7) is 0. The van der Waals surface area contributed by atoms with E-state index in [-0.39, 0.29) is 47.0 Å². The van der Waals surface area contributed by atoms with Gasteiger partial charge in [-0.2, -0.15) is 11.5 Å². The van der Waals surface area contributed by atoms with E-state index in [4.69, 9.17) is 0 Å². The number of para-hydroxylation sites is 1. The van der Waals surface area contributed by atoms with Crippen molar-refractivity contribution in [3.63, 3.8) is 0 Å². The summed E-state index contributed by atoms with van der Waals surface area (Å²) in [5.41, 5.74) is 1.15. The average Bonchev–Trinajstić information content (AvgIpc) is 2.33. The number of nitrogens with one attached hydrogen (secondary N) is 1. The molecule has 52 valence electrons. The Morgan fingerprint density at radius 1 is 1.18 bits per heavy atom. The Bertz CT molecular complexity index is 288. The van der Waals surface area contributed by atoms with Gasteiger partial charge in [0.2, 0.25) is 0 Å². The second kappa shape index (κ2) is 5.00. The van der Waals surface area contributed by atoms with Crippen molar-refractivity contribution < 1.29 is 24.0 Å². The molecule has 1 N–H and O–H groups in total. The molecule has 0 aliphatic carbocycles. The molecular weight excluding hydrogens is 261 g/mol. The van der Waals surface area contributed by atoms with Crippen LogP contribution in [-0.2, 0) is 0 Å². The maximum Gasteiger partial charge on any atom is 2.00 e. The van der Waals surface area contributed by atoms with Crippen LogP contribution in [0.25, 0.3) is 10.9 Å². The van der Waals surface area contributed by atoms with Crippen LogP contribution in [0.2, 0.25) is 0 Å². The average molecular weight is 267 g/mol. The summed E-state index contributed by atoms with van der Waals surface area (Å²) in [4.78, 5) is 2.99. The van der Waals surface area contributed by atoms with Crippen LogP contribution in [0.1, 0.15) is 0 Å². The Labute approximate surface area is 98.7 Å². The first-order valence-corrected chi connectivity index (χ1v) is 2.90. The first kappa shape index (κ1) is 11.3. The Kier molecular flexibility index (Phi) is 5.12. The Morgan fingerprint density at radius 2 is 1.91 bits per heavy atom. The van der Waals surface area contributed by atoms with E-state index in [9.17, 15) is 0 Å². The number of halogens is 1. The molecule has 0 aliphatic rings. The number of hydrogen-bond acceptors (Lipinski definition) is 0. The van der Waals surface area contributed by atoms with Gasteiger partial charge in [0.15, 0.2) is 0 Å². The third kappa shape index (κ3) is 2.35. The molecule has 0 radical (unpaired) electrons. The van der Waals surface area contributed by atoms with Crippen LogP contribution in [0.4, 0.5) is 0 Å². The molecule has 0 atom stereocenters. The van der Waals surface area contributed by atoms with Gasteiger partial charge in [0, 0.05) is 0 Å². The summed E-state index contributed by atoms with van der Waals surface area (Å²) in [5.74, 6) is 0. The second-order valence-corrected chi connectivity index (χ2v) is 2.00. The molecule has 0 saturated carbocycles. The topological polar surface area (TPSA) is 15.8 Å². The number of rotatable bonds is 0. The third-order valence-electron chi connectivity index (χ3n) is 1.40. The van der Waals surface area contributed by atoms with E-state index in [1.54, 1.807) is 0 Å². The van der Waals surface area contributed by atoms with E-state index in [2.05, 4.69) is 17.2 Å². The van der Waals surface area contributed by atoms with E-state index >= 15 is 0 Å². The van der Waals surface area contributed by atoms with Crippen molar-refractivity contribution in [2.75, 3.05) is 0 Å². The van der Waals surface area contributed by atoms with Gasteiger partial charge in [0.05, 0.1) is 0 Å². The van der Waals surface area contributed by atoms with Gasteiger partial charge in [0.1, 0.15) is 0 Å². The zero-order valence-electron chi connectivity index (χ0n) is 5.97. The van der Waals surface area contributed by atoms with Crippen LogP contribution < -0.4 is 24.0 Å². The Morgan fingerprint density at radius 3 is 2.64 bits per heavy atom. The molecule has 0 aliphatic heterocycles. The zero-order chi connectivity index (χ0) is 6.10. The molecule has 1 nitrogen and oxygen atoms in total. The van der Waals surface area contributed by atoms with E-state index < -0.39 is 0 Å². The largest absolute Gasteiger partial charge is 2.00 e. The van der Waals surface area contributed by atoms with Crippen molar-refractivity contribution >= 4 is 34.0 Å². The SMILES string of the molecule is [I-].[Mg+2].[c-]1cc2ccccc2[nH]1. The molecule has 0 amide bonds. The zero-order valence-corrected chi connectivity index (χ0v) is 9.54. The minimum atomic E-state index is 0. The molecule has 1 aromatic heterocycles. The van der Waals surface area contributed by atoms with Crippen LogP contribution in [0.15, 0.2) is 30.3 Å². The van der Waals surface area contributed by atoms with Crippen molar-refractivity contribution in [3.05, 3.63) is 36.5 Å². The molecule has 0 saturated heterocycles. The quantitative estimate of drug-likeness (QED) is 0.343. The van der Waals surface area contributed by atoms with Gasteiger partial charge in [-0.25, -0.2) is 0 Å². The molecule has 11 heavy (non-hydrogen) atoms. The molecule has 2 rings (SSSR count). The monoisotopic (exact) mass is 267 g/mol. The molecule has 1 heterocycles. The van der Waals surface area contributed by atoms with Gasteiger partial charge in [0.25, 0.3) is 0 Å². The smallest absolute Gasteiger partial charge is 1.00 e. The number of fused-ring (bicyclic) bond motifs is 1. The summed E-state index contributed by atoms with van der Waals surface area (Å²) in [5, 5.41) is 1.22. The van der Waals surface area contributed by atoms with E-state index in [1.807, 2.05) is 24.3 Å². The normalized spacial score (nSPS) is 8.36. The molecule has 3 heteroatoms. The van der Waals surface area contributed by atoms with Gasteiger partial charge < -0.3 is 29.0 Å². The second-order valence-electron chi connectivity index (χ2n) is 2.00. The van der Waals surface area contributed by atoms with Crippen LogP contribution in [0.3, 0.4) is 0 Å². The van der Waals surface area contributed by atoms with E-state index in [0.717, 1.165) is 5.52 Å². The van der Waals surface area contributed by atoms with E-state index in [1.165, 1.54) is 5.39 Å². The number of hydrogen-bond donors (Lipinski definition) is 1.